The van der Waals surface area contributed by atoms with Gasteiger partial charge in [-0.2, -0.15) is 0 Å². The van der Waals surface area contributed by atoms with Crippen molar-refractivity contribution in [2.75, 3.05) is 44.4 Å². The van der Waals surface area contributed by atoms with Gasteiger partial charge in [-0.05, 0) is 38.4 Å². The van der Waals surface area contributed by atoms with Crippen LogP contribution < -0.4 is 10.2 Å². The highest BCUT2D eigenvalue weighted by atomic mass is 35.5. The first-order valence-electron chi connectivity index (χ1n) is 8.21. The van der Waals surface area contributed by atoms with Crippen molar-refractivity contribution in [3.8, 4) is 0 Å². The molecule has 2 aliphatic heterocycles. The summed E-state index contributed by atoms with van der Waals surface area (Å²) in [6.07, 6.45) is 3.50. The average molecular weight is 337 g/mol. The van der Waals surface area contributed by atoms with Crippen molar-refractivity contribution in [2.45, 2.75) is 31.3 Å². The molecule has 0 unspecified atom stereocenters. The number of carbonyl (C=O) groups excluding carboxylic acids is 1. The molecule has 1 aromatic carbocycles. The minimum Gasteiger partial charge on any atom is -0.375 e. The number of nitrogens with zero attached hydrogens (tertiary/aromatic N) is 3. The lowest BCUT2D eigenvalue weighted by molar-refractivity contribution is 0.200. The first kappa shape index (κ1) is 16.4. The number of hydrogen-bond acceptors (Lipinski definition) is 3. The van der Waals surface area contributed by atoms with Gasteiger partial charge in [-0.25, -0.2) is 4.79 Å². The van der Waals surface area contributed by atoms with Gasteiger partial charge in [0.1, 0.15) is 0 Å². The van der Waals surface area contributed by atoms with Gasteiger partial charge in [0.15, 0.2) is 0 Å². The minimum absolute atomic E-state index is 0.0312. The molecule has 2 fully saturated rings. The van der Waals surface area contributed by atoms with E-state index in [1.165, 1.54) is 12.8 Å². The molecule has 2 aliphatic rings. The molecule has 0 aromatic heterocycles. The lowest BCUT2D eigenvalue weighted by atomic mass is 10.1. The van der Waals surface area contributed by atoms with Crippen LogP contribution in [0.2, 0.25) is 5.02 Å². The number of fused-ring (bicyclic) bond motifs is 2. The van der Waals surface area contributed by atoms with Crippen LogP contribution in [0.5, 0.6) is 0 Å². The number of benzene rings is 1. The molecule has 3 rings (SSSR count). The van der Waals surface area contributed by atoms with Gasteiger partial charge >= 0.3 is 6.03 Å². The number of halogens is 1. The standard InChI is InChI=1S/C17H25ClN4O/c1-20(2)16-14(18)5-4-6-15(16)19-17(23)22-10-9-12-7-8-13(11-22)21(12)3/h4-6,12-13H,7-11H2,1-3H3,(H,19,23)/t12-,13+/m1/s1. The first-order valence-corrected chi connectivity index (χ1v) is 8.59. The summed E-state index contributed by atoms with van der Waals surface area (Å²) < 4.78 is 0. The van der Waals surface area contributed by atoms with Crippen molar-refractivity contribution < 1.29 is 4.79 Å². The van der Waals surface area contributed by atoms with Crippen LogP contribution in [0.15, 0.2) is 18.2 Å². The summed E-state index contributed by atoms with van der Waals surface area (Å²) in [5.74, 6) is 0. The molecule has 0 saturated carbocycles. The van der Waals surface area contributed by atoms with Crippen molar-refractivity contribution in [1.82, 2.24) is 9.80 Å². The minimum atomic E-state index is -0.0312. The Kier molecular flexibility index (Phi) is 4.69. The summed E-state index contributed by atoms with van der Waals surface area (Å²) in [6.45, 7) is 1.62. The number of likely N-dealkylation sites (tertiary alicyclic amines) is 1. The highest BCUT2D eigenvalue weighted by molar-refractivity contribution is 6.34. The Balaban J connectivity index is 1.74. The molecule has 2 atom stereocenters. The molecular weight excluding hydrogens is 312 g/mol. The van der Waals surface area contributed by atoms with Crippen LogP contribution in [0.25, 0.3) is 0 Å². The van der Waals surface area contributed by atoms with Gasteiger partial charge in [0.25, 0.3) is 0 Å². The number of para-hydroxylation sites is 1. The van der Waals surface area contributed by atoms with E-state index in [4.69, 9.17) is 11.6 Å². The lowest BCUT2D eigenvalue weighted by Gasteiger charge is -2.27. The van der Waals surface area contributed by atoms with Crippen LogP contribution in [0.4, 0.5) is 16.2 Å². The lowest BCUT2D eigenvalue weighted by Crippen LogP contribution is -2.41. The van der Waals surface area contributed by atoms with Crippen LogP contribution >= 0.6 is 11.6 Å². The normalized spacial score (nSPS) is 24.4. The number of hydrogen-bond donors (Lipinski definition) is 1. The number of urea groups is 1. The second-order valence-corrected chi connectivity index (χ2v) is 7.15. The summed E-state index contributed by atoms with van der Waals surface area (Å²) in [7, 11) is 6.04. The van der Waals surface area contributed by atoms with Crippen molar-refractivity contribution in [2.24, 2.45) is 0 Å². The zero-order valence-corrected chi connectivity index (χ0v) is 14.8. The van der Waals surface area contributed by atoms with E-state index < -0.39 is 0 Å². The molecule has 0 spiro atoms. The van der Waals surface area contributed by atoms with Gasteiger partial charge in [-0.1, -0.05) is 17.7 Å². The molecular formula is C17H25ClN4O. The highest BCUT2D eigenvalue weighted by Crippen LogP contribution is 2.33. The summed E-state index contributed by atoms with van der Waals surface area (Å²) >= 11 is 6.28. The molecule has 2 bridgehead atoms. The average Bonchev–Trinajstić information content (AvgIpc) is 2.71. The molecule has 126 valence electrons. The van der Waals surface area contributed by atoms with E-state index in [-0.39, 0.29) is 6.03 Å². The zero-order valence-electron chi connectivity index (χ0n) is 14.1. The quantitative estimate of drug-likeness (QED) is 0.902. The third-order valence-electron chi connectivity index (χ3n) is 5.11. The first-order chi connectivity index (χ1) is 11.0. The van der Waals surface area contributed by atoms with Crippen molar-refractivity contribution in [1.29, 1.82) is 0 Å². The fraction of sp³-hybridized carbons (Fsp3) is 0.588. The van der Waals surface area contributed by atoms with Gasteiger partial charge in [0.05, 0.1) is 16.4 Å². The summed E-state index contributed by atoms with van der Waals surface area (Å²) in [5, 5.41) is 3.69. The van der Waals surface area contributed by atoms with E-state index >= 15 is 0 Å². The number of anilines is 2. The van der Waals surface area contributed by atoms with E-state index in [0.29, 0.717) is 17.1 Å². The number of rotatable bonds is 2. The Morgan fingerprint density at radius 2 is 2.00 bits per heavy atom. The van der Waals surface area contributed by atoms with Crippen LogP contribution in [0.3, 0.4) is 0 Å². The monoisotopic (exact) mass is 336 g/mol. The third-order valence-corrected chi connectivity index (χ3v) is 5.42. The summed E-state index contributed by atoms with van der Waals surface area (Å²) in [4.78, 5) is 19.0. The largest absolute Gasteiger partial charge is 0.375 e. The molecule has 23 heavy (non-hydrogen) atoms. The number of amides is 2. The van der Waals surface area contributed by atoms with E-state index in [1.807, 2.05) is 42.1 Å². The molecule has 1 N–H and O–H groups in total. The van der Waals surface area contributed by atoms with Gasteiger partial charge < -0.3 is 15.1 Å². The van der Waals surface area contributed by atoms with Crippen LogP contribution in [-0.4, -0.2) is 62.1 Å². The predicted octanol–water partition coefficient (Wildman–Crippen LogP) is 3.11. The van der Waals surface area contributed by atoms with Crippen LogP contribution in [-0.2, 0) is 0 Å². The van der Waals surface area contributed by atoms with Crippen LogP contribution in [0, 0.1) is 0 Å². The van der Waals surface area contributed by atoms with Crippen LogP contribution in [0.1, 0.15) is 19.3 Å². The second-order valence-electron chi connectivity index (χ2n) is 6.75. The Bertz CT molecular complexity index is 592. The maximum atomic E-state index is 12.7. The van der Waals surface area contributed by atoms with Crippen molar-refractivity contribution >= 4 is 29.0 Å². The Morgan fingerprint density at radius 1 is 1.26 bits per heavy atom. The van der Waals surface area contributed by atoms with Crippen molar-refractivity contribution in [3.63, 3.8) is 0 Å². The predicted molar refractivity (Wildman–Crippen MR) is 95.6 cm³/mol. The molecule has 5 nitrogen and oxygen atoms in total. The maximum absolute atomic E-state index is 12.7. The number of likely N-dealkylation sites (N-methyl/N-ethyl adjacent to an activating group) is 1. The Morgan fingerprint density at radius 3 is 2.74 bits per heavy atom. The molecule has 2 heterocycles. The topological polar surface area (TPSA) is 38.8 Å². The second kappa shape index (κ2) is 6.57. The summed E-state index contributed by atoms with van der Waals surface area (Å²) in [6, 6.07) is 6.68. The van der Waals surface area contributed by atoms with Gasteiger partial charge in [0, 0.05) is 39.3 Å². The summed E-state index contributed by atoms with van der Waals surface area (Å²) in [5.41, 5.74) is 1.60. The molecule has 6 heteroatoms. The molecule has 2 saturated heterocycles. The van der Waals surface area contributed by atoms with E-state index in [2.05, 4.69) is 17.3 Å². The molecule has 0 radical (unpaired) electrons. The number of carbonyl (C=O) groups is 1. The Labute approximate surface area is 143 Å². The van der Waals surface area contributed by atoms with E-state index in [9.17, 15) is 4.79 Å². The van der Waals surface area contributed by atoms with Gasteiger partial charge in [-0.3, -0.25) is 4.90 Å². The smallest absolute Gasteiger partial charge is 0.321 e. The fourth-order valence-electron chi connectivity index (χ4n) is 3.76. The van der Waals surface area contributed by atoms with Gasteiger partial charge in [-0.15, -0.1) is 0 Å². The van der Waals surface area contributed by atoms with Crippen molar-refractivity contribution in [3.05, 3.63) is 23.2 Å². The maximum Gasteiger partial charge on any atom is 0.321 e. The van der Waals surface area contributed by atoms with E-state index in [0.717, 1.165) is 30.9 Å². The number of nitrogens with one attached hydrogen (secondary N) is 1. The fourth-order valence-corrected chi connectivity index (χ4v) is 4.10. The van der Waals surface area contributed by atoms with E-state index in [1.54, 1.807) is 0 Å². The van der Waals surface area contributed by atoms with Gasteiger partial charge in [0.2, 0.25) is 0 Å². The Hall–Kier alpha value is -1.46. The molecule has 2 amide bonds. The third kappa shape index (κ3) is 3.26. The highest BCUT2D eigenvalue weighted by Gasteiger charge is 2.36. The zero-order chi connectivity index (χ0) is 16.6. The SMILES string of the molecule is CN(C)c1c(Cl)cccc1NC(=O)N1CC[C@H]2CC[C@@H](C1)N2C. The molecule has 1 aromatic rings. The molecule has 0 aliphatic carbocycles.